The van der Waals surface area contributed by atoms with Crippen LogP contribution < -0.4 is 5.32 Å². The molecule has 3 rings (SSSR count). The summed E-state index contributed by atoms with van der Waals surface area (Å²) in [5.74, 6) is 0.0403. The van der Waals surface area contributed by atoms with Gasteiger partial charge in [-0.1, -0.05) is 29.3 Å². The second kappa shape index (κ2) is 9.25. The van der Waals surface area contributed by atoms with Gasteiger partial charge in [0.1, 0.15) is 0 Å². The van der Waals surface area contributed by atoms with E-state index in [1.54, 1.807) is 43.1 Å². The summed E-state index contributed by atoms with van der Waals surface area (Å²) < 4.78 is 44.6. The Morgan fingerprint density at radius 2 is 1.94 bits per heavy atom. The average molecular weight is 473 g/mol. The fourth-order valence-corrected chi connectivity index (χ4v) is 3.13. The Bertz CT molecular complexity index is 1090. The first kappa shape index (κ1) is 23.1. The number of carbonyl (C=O) groups excluding carboxylic acids is 1. The highest BCUT2D eigenvalue weighted by molar-refractivity contribution is 6.31. The van der Waals surface area contributed by atoms with Crippen LogP contribution in [0.25, 0.3) is 11.5 Å². The van der Waals surface area contributed by atoms with E-state index in [2.05, 4.69) is 15.5 Å². The highest BCUT2D eigenvalue weighted by Crippen LogP contribution is 2.36. The molecular formula is C20H17Cl2F3N4O2. The van der Waals surface area contributed by atoms with Gasteiger partial charge in [-0.2, -0.15) is 13.2 Å². The number of amides is 1. The summed E-state index contributed by atoms with van der Waals surface area (Å²) in [7, 11) is 1.65. The summed E-state index contributed by atoms with van der Waals surface area (Å²) >= 11 is 11.6. The van der Waals surface area contributed by atoms with E-state index in [1.165, 1.54) is 6.07 Å². The van der Waals surface area contributed by atoms with E-state index in [1.807, 2.05) is 0 Å². The molecule has 11 heteroatoms. The minimum atomic E-state index is -4.62. The second-order valence-electron chi connectivity index (χ2n) is 6.79. The molecule has 1 atom stereocenters. The lowest BCUT2D eigenvalue weighted by Crippen LogP contribution is -2.32. The number of carbonyl (C=O) groups is 1. The third-order valence-electron chi connectivity index (χ3n) is 4.48. The number of nitrogens with one attached hydrogen (secondary N) is 1. The maximum absolute atomic E-state index is 13.0. The normalized spacial score (nSPS) is 12.8. The van der Waals surface area contributed by atoms with Crippen LogP contribution in [0.2, 0.25) is 10.0 Å². The molecule has 0 aliphatic heterocycles. The highest BCUT2D eigenvalue weighted by atomic mass is 35.5. The summed E-state index contributed by atoms with van der Waals surface area (Å²) in [6, 6.07) is 9.67. The van der Waals surface area contributed by atoms with E-state index in [4.69, 9.17) is 27.6 Å². The molecule has 1 unspecified atom stereocenters. The Hall–Kier alpha value is -2.62. The van der Waals surface area contributed by atoms with Crippen LogP contribution >= 0.6 is 23.2 Å². The molecule has 2 aromatic carbocycles. The molecule has 0 saturated carbocycles. The van der Waals surface area contributed by atoms with Gasteiger partial charge in [-0.05, 0) is 50.4 Å². The monoisotopic (exact) mass is 472 g/mol. The predicted octanol–water partition coefficient (Wildman–Crippen LogP) is 5.69. The SMILES string of the molecule is CC(c1nnc(-c2cccc(Cl)c2)o1)N(C)CC(=O)Nc1ccc(Cl)c(C(F)(F)F)c1. The van der Waals surface area contributed by atoms with Crippen molar-refractivity contribution in [1.29, 1.82) is 0 Å². The number of halogens is 5. The average Bonchev–Trinajstić information content (AvgIpc) is 3.18. The molecule has 0 fully saturated rings. The Kier molecular flexibility index (Phi) is 6.88. The van der Waals surface area contributed by atoms with Crippen molar-refractivity contribution < 1.29 is 22.4 Å². The number of hydrogen-bond donors (Lipinski definition) is 1. The van der Waals surface area contributed by atoms with E-state index in [0.717, 1.165) is 12.1 Å². The minimum Gasteiger partial charge on any atom is -0.419 e. The lowest BCUT2D eigenvalue weighted by atomic mass is 10.2. The molecule has 1 amide bonds. The number of alkyl halides is 3. The van der Waals surface area contributed by atoms with Crippen molar-refractivity contribution in [3.8, 4) is 11.5 Å². The molecule has 0 bridgehead atoms. The van der Waals surface area contributed by atoms with Gasteiger partial charge in [-0.3, -0.25) is 9.69 Å². The maximum Gasteiger partial charge on any atom is 0.417 e. The Labute approximate surface area is 186 Å². The quantitative estimate of drug-likeness (QED) is 0.498. The minimum absolute atomic E-state index is 0.0104. The van der Waals surface area contributed by atoms with Crippen LogP contribution in [-0.2, 0) is 11.0 Å². The van der Waals surface area contributed by atoms with Gasteiger partial charge in [0.15, 0.2) is 0 Å². The molecule has 1 aromatic heterocycles. The second-order valence-corrected chi connectivity index (χ2v) is 7.63. The lowest BCUT2D eigenvalue weighted by molar-refractivity contribution is -0.137. The van der Waals surface area contributed by atoms with Gasteiger partial charge in [0.05, 0.1) is 23.2 Å². The summed E-state index contributed by atoms with van der Waals surface area (Å²) in [6.07, 6.45) is -4.62. The molecular weight excluding hydrogens is 456 g/mol. The van der Waals surface area contributed by atoms with E-state index < -0.39 is 28.7 Å². The van der Waals surface area contributed by atoms with E-state index in [0.29, 0.717) is 10.6 Å². The lowest BCUT2D eigenvalue weighted by Gasteiger charge is -2.21. The number of rotatable bonds is 6. The smallest absolute Gasteiger partial charge is 0.417 e. The van der Waals surface area contributed by atoms with E-state index in [9.17, 15) is 18.0 Å². The van der Waals surface area contributed by atoms with Crippen LogP contribution in [0.15, 0.2) is 46.9 Å². The zero-order valence-electron chi connectivity index (χ0n) is 16.4. The molecule has 1 heterocycles. The highest BCUT2D eigenvalue weighted by Gasteiger charge is 2.33. The van der Waals surface area contributed by atoms with Crippen molar-refractivity contribution in [3.63, 3.8) is 0 Å². The van der Waals surface area contributed by atoms with Crippen molar-refractivity contribution in [3.05, 3.63) is 64.0 Å². The summed E-state index contributed by atoms with van der Waals surface area (Å²) in [6.45, 7) is 1.63. The maximum atomic E-state index is 13.0. The Morgan fingerprint density at radius 3 is 2.61 bits per heavy atom. The van der Waals surface area contributed by atoms with Crippen molar-refractivity contribution in [2.45, 2.75) is 19.1 Å². The molecule has 0 aliphatic carbocycles. The van der Waals surface area contributed by atoms with Crippen LogP contribution in [0.3, 0.4) is 0 Å². The largest absolute Gasteiger partial charge is 0.419 e. The van der Waals surface area contributed by atoms with Crippen LogP contribution in [0, 0.1) is 0 Å². The fraction of sp³-hybridized carbons (Fsp3) is 0.250. The molecule has 1 N–H and O–H groups in total. The van der Waals surface area contributed by atoms with Gasteiger partial charge >= 0.3 is 6.18 Å². The van der Waals surface area contributed by atoms with Crippen LogP contribution in [0.1, 0.15) is 24.4 Å². The van der Waals surface area contributed by atoms with Crippen LogP contribution in [-0.4, -0.2) is 34.6 Å². The van der Waals surface area contributed by atoms with E-state index >= 15 is 0 Å². The molecule has 0 aliphatic rings. The Balaban J connectivity index is 1.65. The van der Waals surface area contributed by atoms with Gasteiger partial charge < -0.3 is 9.73 Å². The third kappa shape index (κ3) is 5.75. The molecule has 3 aromatic rings. The first-order valence-electron chi connectivity index (χ1n) is 9.01. The topological polar surface area (TPSA) is 71.3 Å². The Morgan fingerprint density at radius 1 is 1.19 bits per heavy atom. The third-order valence-corrected chi connectivity index (χ3v) is 5.04. The molecule has 6 nitrogen and oxygen atoms in total. The number of hydrogen-bond acceptors (Lipinski definition) is 5. The number of benzene rings is 2. The summed E-state index contributed by atoms with van der Waals surface area (Å²) in [5, 5.41) is 10.5. The van der Waals surface area contributed by atoms with Gasteiger partial charge in [0.2, 0.25) is 17.7 Å². The summed E-state index contributed by atoms with van der Waals surface area (Å²) in [5.41, 5.74) is -0.376. The first-order chi connectivity index (χ1) is 14.5. The van der Waals surface area contributed by atoms with E-state index in [-0.39, 0.29) is 24.0 Å². The molecule has 0 spiro atoms. The zero-order chi connectivity index (χ0) is 22.8. The van der Waals surface area contributed by atoms with Crippen molar-refractivity contribution in [2.24, 2.45) is 0 Å². The standard InChI is InChI=1S/C20H17Cl2F3N4O2/c1-11(18-27-28-19(31-18)12-4-3-5-13(21)8-12)29(2)10-17(30)26-14-6-7-16(22)15(9-14)20(23,24)25/h3-9,11H,10H2,1-2H3,(H,26,30). The van der Waals surface area contributed by atoms with Crippen molar-refractivity contribution in [2.75, 3.05) is 18.9 Å². The molecule has 0 saturated heterocycles. The number of anilines is 1. The first-order valence-corrected chi connectivity index (χ1v) is 9.76. The molecule has 31 heavy (non-hydrogen) atoms. The van der Waals surface area contributed by atoms with Gasteiger partial charge in [0, 0.05) is 16.3 Å². The van der Waals surface area contributed by atoms with Gasteiger partial charge in [-0.25, -0.2) is 0 Å². The van der Waals surface area contributed by atoms with Crippen LogP contribution in [0.4, 0.5) is 18.9 Å². The fourth-order valence-electron chi connectivity index (χ4n) is 2.71. The summed E-state index contributed by atoms with van der Waals surface area (Å²) in [4.78, 5) is 13.9. The number of likely N-dealkylation sites (N-methyl/N-ethyl adjacent to an activating group) is 1. The zero-order valence-corrected chi connectivity index (χ0v) is 17.9. The molecule has 164 valence electrons. The van der Waals surface area contributed by atoms with Gasteiger partial charge in [-0.15, -0.1) is 10.2 Å². The van der Waals surface area contributed by atoms with Crippen LogP contribution in [0.5, 0.6) is 0 Å². The van der Waals surface area contributed by atoms with Crippen molar-refractivity contribution >= 4 is 34.8 Å². The molecule has 0 radical (unpaired) electrons. The number of nitrogens with zero attached hydrogens (tertiary/aromatic N) is 3. The number of aromatic nitrogens is 2. The van der Waals surface area contributed by atoms with Gasteiger partial charge in [0.25, 0.3) is 0 Å². The van der Waals surface area contributed by atoms with Crippen molar-refractivity contribution in [1.82, 2.24) is 15.1 Å². The predicted molar refractivity (Wildman–Crippen MR) is 111 cm³/mol.